The molecule has 2 amide bonds. The molecule has 1 aliphatic rings. The Morgan fingerprint density at radius 2 is 2.00 bits per heavy atom. The highest BCUT2D eigenvalue weighted by atomic mass is 19.4. The Hall–Kier alpha value is -1.47. The molecule has 0 spiro atoms. The largest absolute Gasteiger partial charge is 0.481 e. The molecule has 0 aromatic heterocycles. The zero-order valence-electron chi connectivity index (χ0n) is 10.8. The van der Waals surface area contributed by atoms with Gasteiger partial charge >= 0.3 is 18.2 Å². The van der Waals surface area contributed by atoms with Crippen molar-refractivity contribution < 1.29 is 27.9 Å². The molecular weight excluding hydrogens is 265 g/mol. The lowest BCUT2D eigenvalue weighted by Gasteiger charge is -2.28. The number of likely N-dealkylation sites (tertiary alicyclic amines) is 1. The molecule has 1 heterocycles. The molecular formula is C11H17F3N2O3. The van der Waals surface area contributed by atoms with Crippen LogP contribution in [0.15, 0.2) is 0 Å². The molecule has 1 rings (SSSR count). The second-order valence-electron chi connectivity index (χ2n) is 4.95. The fraction of sp³-hybridized carbons (Fsp3) is 0.818. The second kappa shape index (κ2) is 5.26. The zero-order chi connectivity index (χ0) is 14.8. The maximum Gasteiger partial charge on any atom is 0.406 e. The molecule has 0 aromatic carbocycles. The Morgan fingerprint density at radius 3 is 2.37 bits per heavy atom. The number of carboxylic acid groups (broad SMARTS) is 1. The lowest BCUT2D eigenvalue weighted by atomic mass is 9.90. The molecule has 0 bridgehead atoms. The van der Waals surface area contributed by atoms with Crippen LogP contribution in [0.4, 0.5) is 18.0 Å². The van der Waals surface area contributed by atoms with Gasteiger partial charge in [-0.3, -0.25) is 4.79 Å². The molecule has 0 aromatic rings. The fourth-order valence-corrected chi connectivity index (χ4v) is 2.03. The van der Waals surface area contributed by atoms with Gasteiger partial charge in [0.2, 0.25) is 0 Å². The van der Waals surface area contributed by atoms with E-state index in [-0.39, 0.29) is 26.1 Å². The molecule has 1 N–H and O–H groups in total. The third kappa shape index (κ3) is 3.74. The number of hydrogen-bond donors (Lipinski definition) is 1. The molecule has 1 fully saturated rings. The van der Waals surface area contributed by atoms with Gasteiger partial charge in [-0.05, 0) is 20.3 Å². The lowest BCUT2D eigenvalue weighted by Crippen LogP contribution is -2.47. The van der Waals surface area contributed by atoms with Crippen molar-refractivity contribution in [3.05, 3.63) is 0 Å². The van der Waals surface area contributed by atoms with E-state index in [2.05, 4.69) is 0 Å². The smallest absolute Gasteiger partial charge is 0.406 e. The van der Waals surface area contributed by atoms with E-state index in [4.69, 9.17) is 5.11 Å². The van der Waals surface area contributed by atoms with Crippen molar-refractivity contribution in [2.45, 2.75) is 26.4 Å². The van der Waals surface area contributed by atoms with E-state index in [1.807, 2.05) is 0 Å². The van der Waals surface area contributed by atoms with Crippen LogP contribution in [-0.4, -0.2) is 59.3 Å². The summed E-state index contributed by atoms with van der Waals surface area (Å²) in [7, 11) is 0. The first-order chi connectivity index (χ1) is 8.59. The topological polar surface area (TPSA) is 60.9 Å². The minimum Gasteiger partial charge on any atom is -0.481 e. The maximum atomic E-state index is 12.3. The number of carbonyl (C=O) groups excluding carboxylic acids is 1. The summed E-state index contributed by atoms with van der Waals surface area (Å²) in [4.78, 5) is 24.8. The van der Waals surface area contributed by atoms with Gasteiger partial charge in [-0.15, -0.1) is 0 Å². The Labute approximate surface area is 109 Å². The Balaban J connectivity index is 2.71. The van der Waals surface area contributed by atoms with Crippen LogP contribution in [0.25, 0.3) is 0 Å². The van der Waals surface area contributed by atoms with Gasteiger partial charge in [0, 0.05) is 19.6 Å². The van der Waals surface area contributed by atoms with Gasteiger partial charge < -0.3 is 14.9 Å². The normalized spacial score (nSPS) is 23.5. The van der Waals surface area contributed by atoms with Crippen molar-refractivity contribution >= 4 is 12.0 Å². The Kier molecular flexibility index (Phi) is 4.32. The van der Waals surface area contributed by atoms with Crippen LogP contribution in [-0.2, 0) is 4.79 Å². The molecule has 1 aliphatic heterocycles. The number of aliphatic carboxylic acids is 1. The monoisotopic (exact) mass is 282 g/mol. The van der Waals surface area contributed by atoms with E-state index < -0.39 is 30.1 Å². The molecule has 8 heteroatoms. The number of nitrogens with zero attached hydrogens (tertiary/aromatic N) is 2. The van der Waals surface area contributed by atoms with Gasteiger partial charge in [0.15, 0.2) is 0 Å². The number of amides is 2. The van der Waals surface area contributed by atoms with E-state index in [0.29, 0.717) is 4.90 Å². The van der Waals surface area contributed by atoms with Crippen LogP contribution in [0.3, 0.4) is 0 Å². The first kappa shape index (κ1) is 15.6. The summed E-state index contributed by atoms with van der Waals surface area (Å²) in [5.41, 5.74) is -1.08. The van der Waals surface area contributed by atoms with Crippen LogP contribution in [0.1, 0.15) is 20.3 Å². The van der Waals surface area contributed by atoms with Crippen molar-refractivity contribution in [1.29, 1.82) is 0 Å². The summed E-state index contributed by atoms with van der Waals surface area (Å²) in [5, 5.41) is 9.02. The van der Waals surface area contributed by atoms with Crippen LogP contribution in [0, 0.1) is 5.41 Å². The van der Waals surface area contributed by atoms with Gasteiger partial charge in [0.1, 0.15) is 6.54 Å². The molecule has 1 atom stereocenters. The van der Waals surface area contributed by atoms with Crippen molar-refractivity contribution in [1.82, 2.24) is 9.80 Å². The van der Waals surface area contributed by atoms with Crippen LogP contribution < -0.4 is 0 Å². The molecule has 0 radical (unpaired) electrons. The van der Waals surface area contributed by atoms with E-state index >= 15 is 0 Å². The average Bonchev–Trinajstić information content (AvgIpc) is 2.68. The number of hydrogen-bond acceptors (Lipinski definition) is 2. The van der Waals surface area contributed by atoms with Gasteiger partial charge in [-0.1, -0.05) is 0 Å². The molecule has 1 saturated heterocycles. The van der Waals surface area contributed by atoms with Crippen LogP contribution in [0.2, 0.25) is 0 Å². The molecule has 110 valence electrons. The minimum absolute atomic E-state index is 0.0600. The van der Waals surface area contributed by atoms with E-state index in [1.165, 1.54) is 18.7 Å². The SMILES string of the molecule is CCN(CC(F)(F)F)C(=O)N1CCC(C)(C(=O)O)C1. The number of carbonyl (C=O) groups is 2. The van der Waals surface area contributed by atoms with Crippen LogP contribution >= 0.6 is 0 Å². The summed E-state index contributed by atoms with van der Waals surface area (Å²) in [6, 6.07) is -0.759. The fourth-order valence-electron chi connectivity index (χ4n) is 2.03. The molecule has 1 unspecified atom stereocenters. The highest BCUT2D eigenvalue weighted by Crippen LogP contribution is 2.31. The van der Waals surface area contributed by atoms with E-state index in [1.54, 1.807) is 0 Å². The average molecular weight is 282 g/mol. The summed E-state index contributed by atoms with van der Waals surface area (Å²) in [6.07, 6.45) is -4.21. The standard InChI is InChI=1S/C11H17F3N2O3/c1-3-15(7-11(12,13)14)9(19)16-5-4-10(2,6-16)8(17)18/h3-7H2,1-2H3,(H,17,18). The molecule has 19 heavy (non-hydrogen) atoms. The lowest BCUT2D eigenvalue weighted by molar-refractivity contribution is -0.147. The van der Waals surface area contributed by atoms with Gasteiger partial charge in [0.25, 0.3) is 0 Å². The van der Waals surface area contributed by atoms with Crippen LogP contribution in [0.5, 0.6) is 0 Å². The maximum absolute atomic E-state index is 12.3. The zero-order valence-corrected chi connectivity index (χ0v) is 10.8. The highest BCUT2D eigenvalue weighted by molar-refractivity contribution is 5.79. The quantitative estimate of drug-likeness (QED) is 0.858. The predicted molar refractivity (Wildman–Crippen MR) is 60.6 cm³/mol. The summed E-state index contributed by atoms with van der Waals surface area (Å²) in [6.45, 7) is 1.66. The molecule has 0 aliphatic carbocycles. The van der Waals surface area contributed by atoms with E-state index in [9.17, 15) is 22.8 Å². The third-order valence-corrected chi connectivity index (χ3v) is 3.28. The Bertz CT molecular complexity index is 373. The van der Waals surface area contributed by atoms with Gasteiger partial charge in [0.05, 0.1) is 5.41 Å². The van der Waals surface area contributed by atoms with E-state index in [0.717, 1.165) is 0 Å². The highest BCUT2D eigenvalue weighted by Gasteiger charge is 2.44. The predicted octanol–water partition coefficient (Wildman–Crippen LogP) is 1.79. The second-order valence-corrected chi connectivity index (χ2v) is 4.95. The summed E-state index contributed by atoms with van der Waals surface area (Å²) in [5.74, 6) is -1.04. The number of halogens is 3. The van der Waals surface area contributed by atoms with Crippen molar-refractivity contribution in [3.63, 3.8) is 0 Å². The minimum atomic E-state index is -4.46. The number of urea groups is 1. The third-order valence-electron chi connectivity index (χ3n) is 3.28. The van der Waals surface area contributed by atoms with Gasteiger partial charge in [-0.2, -0.15) is 13.2 Å². The summed E-state index contributed by atoms with van der Waals surface area (Å²) >= 11 is 0. The first-order valence-electron chi connectivity index (χ1n) is 5.93. The first-order valence-corrected chi connectivity index (χ1v) is 5.93. The van der Waals surface area contributed by atoms with Crippen molar-refractivity contribution in [2.75, 3.05) is 26.2 Å². The number of alkyl halides is 3. The molecule has 0 saturated carbocycles. The van der Waals surface area contributed by atoms with Crippen molar-refractivity contribution in [2.24, 2.45) is 5.41 Å². The number of rotatable bonds is 3. The van der Waals surface area contributed by atoms with Gasteiger partial charge in [-0.25, -0.2) is 4.79 Å². The van der Waals surface area contributed by atoms with Crippen molar-refractivity contribution in [3.8, 4) is 0 Å². The number of carboxylic acids is 1. The summed E-state index contributed by atoms with van der Waals surface area (Å²) < 4.78 is 36.9. The Morgan fingerprint density at radius 1 is 1.42 bits per heavy atom. The molecule has 5 nitrogen and oxygen atoms in total.